The van der Waals surface area contributed by atoms with Crippen LogP contribution in [0.2, 0.25) is 0 Å². The molecular weight excluding hydrogens is 246 g/mol. The number of ether oxygens (including phenoxy) is 1. The lowest BCUT2D eigenvalue weighted by molar-refractivity contribution is 0.100. The van der Waals surface area contributed by atoms with E-state index in [4.69, 9.17) is 10.5 Å². The summed E-state index contributed by atoms with van der Waals surface area (Å²) in [5.74, 6) is 2.67. The number of nitrogens with two attached hydrogens (primary N) is 1. The Hall–Kier alpha value is -1.02. The number of aryl methyl sites for hydroxylation is 1. The van der Waals surface area contributed by atoms with Gasteiger partial charge in [0.05, 0.1) is 6.10 Å². The minimum atomic E-state index is 0.225. The van der Waals surface area contributed by atoms with Crippen molar-refractivity contribution in [2.45, 2.75) is 64.5 Å². The van der Waals surface area contributed by atoms with Gasteiger partial charge in [0.2, 0.25) is 0 Å². The van der Waals surface area contributed by atoms with E-state index in [2.05, 4.69) is 32.0 Å². The SMILES string of the molecule is CC1CCC(Oc2ccc3c(c2)CCCC3N)CC1C. The molecule has 2 N–H and O–H groups in total. The van der Waals surface area contributed by atoms with Gasteiger partial charge in [-0.3, -0.25) is 0 Å². The first-order chi connectivity index (χ1) is 9.63. The van der Waals surface area contributed by atoms with Gasteiger partial charge in [-0.2, -0.15) is 0 Å². The van der Waals surface area contributed by atoms with Gasteiger partial charge in [0, 0.05) is 6.04 Å². The van der Waals surface area contributed by atoms with Gasteiger partial charge in [-0.1, -0.05) is 19.9 Å². The lowest BCUT2D eigenvalue weighted by Crippen LogP contribution is -2.28. The summed E-state index contributed by atoms with van der Waals surface area (Å²) in [6, 6.07) is 6.76. The van der Waals surface area contributed by atoms with Gasteiger partial charge < -0.3 is 10.5 Å². The van der Waals surface area contributed by atoms with Crippen LogP contribution in [0.5, 0.6) is 5.75 Å². The minimum absolute atomic E-state index is 0.225. The summed E-state index contributed by atoms with van der Waals surface area (Å²) in [6.45, 7) is 4.72. The minimum Gasteiger partial charge on any atom is -0.490 e. The molecule has 20 heavy (non-hydrogen) atoms. The van der Waals surface area contributed by atoms with Gasteiger partial charge in [-0.15, -0.1) is 0 Å². The monoisotopic (exact) mass is 273 g/mol. The molecule has 0 aliphatic heterocycles. The molecule has 0 saturated heterocycles. The topological polar surface area (TPSA) is 35.2 Å². The summed E-state index contributed by atoms with van der Waals surface area (Å²) in [5, 5.41) is 0. The summed E-state index contributed by atoms with van der Waals surface area (Å²) in [5.41, 5.74) is 8.90. The van der Waals surface area contributed by atoms with Crippen molar-refractivity contribution in [1.29, 1.82) is 0 Å². The smallest absolute Gasteiger partial charge is 0.120 e. The van der Waals surface area contributed by atoms with E-state index >= 15 is 0 Å². The van der Waals surface area contributed by atoms with E-state index in [9.17, 15) is 0 Å². The fraction of sp³-hybridized carbons (Fsp3) is 0.667. The van der Waals surface area contributed by atoms with E-state index in [-0.39, 0.29) is 6.04 Å². The average Bonchev–Trinajstić information content (AvgIpc) is 2.43. The molecule has 110 valence electrons. The van der Waals surface area contributed by atoms with Crippen molar-refractivity contribution in [2.24, 2.45) is 17.6 Å². The normalized spacial score (nSPS) is 33.5. The van der Waals surface area contributed by atoms with Crippen molar-refractivity contribution in [3.8, 4) is 5.75 Å². The fourth-order valence-electron chi connectivity index (χ4n) is 3.70. The van der Waals surface area contributed by atoms with E-state index < -0.39 is 0 Å². The molecule has 2 nitrogen and oxygen atoms in total. The van der Waals surface area contributed by atoms with Gasteiger partial charge in [0.1, 0.15) is 5.75 Å². The lowest BCUT2D eigenvalue weighted by atomic mass is 9.80. The van der Waals surface area contributed by atoms with Gasteiger partial charge in [0.15, 0.2) is 0 Å². The summed E-state index contributed by atoms with van der Waals surface area (Å²) in [4.78, 5) is 0. The highest BCUT2D eigenvalue weighted by Crippen LogP contribution is 2.34. The van der Waals surface area contributed by atoms with Crippen molar-refractivity contribution in [1.82, 2.24) is 0 Å². The zero-order chi connectivity index (χ0) is 14.1. The molecule has 3 rings (SSSR count). The number of benzene rings is 1. The van der Waals surface area contributed by atoms with Gasteiger partial charge >= 0.3 is 0 Å². The van der Waals surface area contributed by atoms with Crippen molar-refractivity contribution in [3.05, 3.63) is 29.3 Å². The maximum Gasteiger partial charge on any atom is 0.120 e. The van der Waals surface area contributed by atoms with Crippen molar-refractivity contribution in [3.63, 3.8) is 0 Å². The van der Waals surface area contributed by atoms with Gasteiger partial charge in [-0.25, -0.2) is 0 Å². The summed E-state index contributed by atoms with van der Waals surface area (Å²) in [6.07, 6.45) is 7.55. The molecular formula is C18H27NO. The maximum atomic E-state index is 6.23. The van der Waals surface area contributed by atoms with E-state index in [1.165, 1.54) is 36.8 Å². The Morgan fingerprint density at radius 3 is 2.75 bits per heavy atom. The third-order valence-corrected chi connectivity index (χ3v) is 5.33. The average molecular weight is 273 g/mol. The molecule has 0 bridgehead atoms. The zero-order valence-electron chi connectivity index (χ0n) is 12.8. The summed E-state index contributed by atoms with van der Waals surface area (Å²) in [7, 11) is 0. The predicted molar refractivity (Wildman–Crippen MR) is 82.9 cm³/mol. The maximum absolute atomic E-state index is 6.23. The highest BCUT2D eigenvalue weighted by molar-refractivity contribution is 5.39. The Balaban J connectivity index is 1.69. The molecule has 0 aromatic heterocycles. The third kappa shape index (κ3) is 2.85. The highest BCUT2D eigenvalue weighted by atomic mass is 16.5. The van der Waals surface area contributed by atoms with E-state index in [0.717, 1.165) is 30.4 Å². The van der Waals surface area contributed by atoms with Gasteiger partial charge in [0.25, 0.3) is 0 Å². The number of rotatable bonds is 2. The number of fused-ring (bicyclic) bond motifs is 1. The van der Waals surface area contributed by atoms with Crippen LogP contribution in [-0.2, 0) is 6.42 Å². The van der Waals surface area contributed by atoms with Crippen LogP contribution in [0.1, 0.15) is 63.1 Å². The molecule has 0 heterocycles. The standard InChI is InChI=1S/C18H27NO/c1-12-6-7-15(10-13(12)2)20-16-8-9-17-14(11-16)4-3-5-18(17)19/h8-9,11-13,15,18H,3-7,10,19H2,1-2H3. The van der Waals surface area contributed by atoms with E-state index in [1.54, 1.807) is 0 Å². The Morgan fingerprint density at radius 2 is 1.95 bits per heavy atom. The van der Waals surface area contributed by atoms with Crippen LogP contribution in [0, 0.1) is 11.8 Å². The number of hydrogen-bond donors (Lipinski definition) is 1. The molecule has 1 aromatic carbocycles. The molecule has 0 spiro atoms. The second-order valence-corrected chi connectivity index (χ2v) is 6.87. The van der Waals surface area contributed by atoms with Crippen molar-refractivity contribution in [2.75, 3.05) is 0 Å². The molecule has 2 aliphatic rings. The molecule has 1 fully saturated rings. The molecule has 2 aliphatic carbocycles. The summed E-state index contributed by atoms with van der Waals surface area (Å²) < 4.78 is 6.23. The van der Waals surface area contributed by atoms with Crippen LogP contribution in [0.3, 0.4) is 0 Å². The Labute approximate surface area is 122 Å². The first-order valence-corrected chi connectivity index (χ1v) is 8.18. The van der Waals surface area contributed by atoms with Crippen LogP contribution < -0.4 is 10.5 Å². The van der Waals surface area contributed by atoms with Crippen molar-refractivity contribution >= 4 is 0 Å². The van der Waals surface area contributed by atoms with E-state index in [1.807, 2.05) is 0 Å². The zero-order valence-corrected chi connectivity index (χ0v) is 12.8. The molecule has 1 aromatic rings. The fourth-order valence-corrected chi connectivity index (χ4v) is 3.70. The quantitative estimate of drug-likeness (QED) is 0.875. The first-order valence-electron chi connectivity index (χ1n) is 8.18. The third-order valence-electron chi connectivity index (χ3n) is 5.33. The van der Waals surface area contributed by atoms with Crippen LogP contribution in [0.15, 0.2) is 18.2 Å². The largest absolute Gasteiger partial charge is 0.490 e. The Morgan fingerprint density at radius 1 is 1.10 bits per heavy atom. The van der Waals surface area contributed by atoms with Crippen LogP contribution in [0.4, 0.5) is 0 Å². The Bertz CT molecular complexity index is 470. The molecule has 0 radical (unpaired) electrons. The number of hydrogen-bond acceptors (Lipinski definition) is 2. The predicted octanol–water partition coefficient (Wildman–Crippen LogP) is 4.23. The van der Waals surface area contributed by atoms with Gasteiger partial charge in [-0.05, 0) is 73.6 Å². The first kappa shape index (κ1) is 13.9. The molecule has 2 heteroatoms. The molecule has 4 unspecified atom stereocenters. The van der Waals surface area contributed by atoms with Crippen LogP contribution >= 0.6 is 0 Å². The second kappa shape index (κ2) is 5.77. The van der Waals surface area contributed by atoms with Crippen molar-refractivity contribution < 1.29 is 4.74 Å². The molecule has 0 amide bonds. The second-order valence-electron chi connectivity index (χ2n) is 6.87. The molecule has 1 saturated carbocycles. The van der Waals surface area contributed by atoms with Crippen LogP contribution in [0.25, 0.3) is 0 Å². The lowest BCUT2D eigenvalue weighted by Gasteiger charge is -2.32. The van der Waals surface area contributed by atoms with E-state index in [0.29, 0.717) is 6.10 Å². The molecule has 4 atom stereocenters. The summed E-state index contributed by atoms with van der Waals surface area (Å²) >= 11 is 0. The highest BCUT2D eigenvalue weighted by Gasteiger charge is 2.26. The van der Waals surface area contributed by atoms with Crippen LogP contribution in [-0.4, -0.2) is 6.10 Å². The Kier molecular flexibility index (Phi) is 4.02.